The Hall–Kier alpha value is -0.120. The lowest BCUT2D eigenvalue weighted by atomic mass is 9.77. The molecule has 0 aromatic rings. The summed E-state index contributed by atoms with van der Waals surface area (Å²) in [5.41, 5.74) is 0. The van der Waals surface area contributed by atoms with Gasteiger partial charge in [0.05, 0.1) is 6.10 Å². The van der Waals surface area contributed by atoms with Crippen molar-refractivity contribution in [3.8, 4) is 0 Å². The summed E-state index contributed by atoms with van der Waals surface area (Å²) < 4.78 is 5.98. The van der Waals surface area contributed by atoms with Gasteiger partial charge in [-0.3, -0.25) is 4.90 Å². The summed E-state index contributed by atoms with van der Waals surface area (Å²) in [5.74, 6) is 0.983. The van der Waals surface area contributed by atoms with Crippen LogP contribution in [0.25, 0.3) is 0 Å². The van der Waals surface area contributed by atoms with Crippen molar-refractivity contribution in [2.75, 3.05) is 26.2 Å². The standard InChI is InChI=1S/C18H34N2O/c1-2-12-21-17-7-5-11-20(14-17)13-16-10-9-15-6-3-4-8-18(15)19-16/h15-19H,2-14H2,1H3. The third-order valence-corrected chi connectivity index (χ3v) is 5.74. The van der Waals surface area contributed by atoms with Crippen molar-refractivity contribution in [3.63, 3.8) is 0 Å². The molecule has 3 fully saturated rings. The Bertz CT molecular complexity index is 310. The highest BCUT2D eigenvalue weighted by Crippen LogP contribution is 2.32. The second kappa shape index (κ2) is 7.94. The van der Waals surface area contributed by atoms with Crippen LogP contribution in [-0.2, 0) is 4.74 Å². The highest BCUT2D eigenvalue weighted by molar-refractivity contribution is 4.91. The van der Waals surface area contributed by atoms with Gasteiger partial charge in [-0.05, 0) is 57.4 Å². The third kappa shape index (κ3) is 4.43. The van der Waals surface area contributed by atoms with Crippen LogP contribution in [-0.4, -0.2) is 49.3 Å². The van der Waals surface area contributed by atoms with E-state index in [1.165, 1.54) is 64.5 Å². The third-order valence-electron chi connectivity index (χ3n) is 5.74. The Morgan fingerprint density at radius 2 is 1.95 bits per heavy atom. The molecule has 4 atom stereocenters. The van der Waals surface area contributed by atoms with Crippen molar-refractivity contribution < 1.29 is 4.74 Å². The lowest BCUT2D eigenvalue weighted by Gasteiger charge is -2.43. The van der Waals surface area contributed by atoms with Crippen LogP contribution < -0.4 is 5.32 Å². The largest absolute Gasteiger partial charge is 0.377 e. The van der Waals surface area contributed by atoms with E-state index in [1.54, 1.807) is 0 Å². The number of rotatable bonds is 5. The fourth-order valence-electron chi connectivity index (χ4n) is 4.63. The van der Waals surface area contributed by atoms with Gasteiger partial charge in [0, 0.05) is 31.8 Å². The van der Waals surface area contributed by atoms with Gasteiger partial charge in [-0.1, -0.05) is 19.8 Å². The van der Waals surface area contributed by atoms with Crippen LogP contribution in [0.2, 0.25) is 0 Å². The van der Waals surface area contributed by atoms with E-state index < -0.39 is 0 Å². The normalized spacial score (nSPS) is 38.1. The second-order valence-electron chi connectivity index (χ2n) is 7.49. The molecule has 0 aromatic carbocycles. The van der Waals surface area contributed by atoms with Crippen LogP contribution in [0.3, 0.4) is 0 Å². The Kier molecular flexibility index (Phi) is 5.96. The zero-order chi connectivity index (χ0) is 14.5. The van der Waals surface area contributed by atoms with Gasteiger partial charge in [0.1, 0.15) is 0 Å². The average Bonchev–Trinajstić information content (AvgIpc) is 2.53. The molecule has 0 amide bonds. The van der Waals surface area contributed by atoms with Crippen molar-refractivity contribution in [2.45, 2.75) is 82.9 Å². The number of nitrogens with zero attached hydrogens (tertiary/aromatic N) is 1. The summed E-state index contributed by atoms with van der Waals surface area (Å²) >= 11 is 0. The van der Waals surface area contributed by atoms with E-state index in [4.69, 9.17) is 4.74 Å². The van der Waals surface area contributed by atoms with Crippen LogP contribution in [0, 0.1) is 5.92 Å². The molecule has 122 valence electrons. The average molecular weight is 294 g/mol. The maximum absolute atomic E-state index is 5.98. The zero-order valence-electron chi connectivity index (χ0n) is 13.9. The van der Waals surface area contributed by atoms with Crippen molar-refractivity contribution in [3.05, 3.63) is 0 Å². The number of ether oxygens (including phenoxy) is 1. The van der Waals surface area contributed by atoms with E-state index in [0.717, 1.165) is 37.6 Å². The number of nitrogens with one attached hydrogen (secondary N) is 1. The van der Waals surface area contributed by atoms with Gasteiger partial charge < -0.3 is 10.1 Å². The summed E-state index contributed by atoms with van der Waals surface area (Å²) in [5, 5.41) is 3.98. The minimum absolute atomic E-state index is 0.490. The smallest absolute Gasteiger partial charge is 0.0702 e. The summed E-state index contributed by atoms with van der Waals surface area (Å²) in [7, 11) is 0. The van der Waals surface area contributed by atoms with Gasteiger partial charge in [-0.15, -0.1) is 0 Å². The molecule has 0 radical (unpaired) electrons. The van der Waals surface area contributed by atoms with E-state index in [-0.39, 0.29) is 0 Å². The summed E-state index contributed by atoms with van der Waals surface area (Å²) in [6, 6.07) is 1.56. The molecule has 3 nitrogen and oxygen atoms in total. The Balaban J connectivity index is 1.43. The summed E-state index contributed by atoms with van der Waals surface area (Å²) in [6.07, 6.45) is 12.9. The molecule has 2 heterocycles. The molecule has 1 N–H and O–H groups in total. The van der Waals surface area contributed by atoms with Crippen LogP contribution in [0.5, 0.6) is 0 Å². The van der Waals surface area contributed by atoms with Gasteiger partial charge in [0.2, 0.25) is 0 Å². The molecule has 3 rings (SSSR count). The molecule has 1 saturated carbocycles. The van der Waals surface area contributed by atoms with Gasteiger partial charge in [-0.2, -0.15) is 0 Å². The first-order valence-corrected chi connectivity index (χ1v) is 9.45. The highest BCUT2D eigenvalue weighted by atomic mass is 16.5. The van der Waals surface area contributed by atoms with Gasteiger partial charge in [0.25, 0.3) is 0 Å². The molecule has 4 unspecified atom stereocenters. The minimum atomic E-state index is 0.490. The van der Waals surface area contributed by atoms with E-state index in [1.807, 2.05) is 0 Å². The van der Waals surface area contributed by atoms with Crippen LogP contribution in [0.15, 0.2) is 0 Å². The van der Waals surface area contributed by atoms with E-state index in [9.17, 15) is 0 Å². The first kappa shape index (κ1) is 15.8. The lowest BCUT2D eigenvalue weighted by molar-refractivity contribution is -0.00469. The monoisotopic (exact) mass is 294 g/mol. The van der Waals surface area contributed by atoms with Gasteiger partial charge in [0.15, 0.2) is 0 Å². The van der Waals surface area contributed by atoms with Gasteiger partial charge in [-0.25, -0.2) is 0 Å². The molecule has 1 aliphatic carbocycles. The molecule has 2 saturated heterocycles. The molecule has 3 heteroatoms. The number of likely N-dealkylation sites (tertiary alicyclic amines) is 1. The quantitative estimate of drug-likeness (QED) is 0.843. The summed E-state index contributed by atoms with van der Waals surface area (Å²) in [6.45, 7) is 6.82. The molecule has 0 spiro atoms. The number of hydrogen-bond donors (Lipinski definition) is 1. The highest BCUT2D eigenvalue weighted by Gasteiger charge is 2.32. The number of piperidine rings is 2. The number of hydrogen-bond acceptors (Lipinski definition) is 3. The molecular weight excluding hydrogens is 260 g/mol. The predicted octanol–water partition coefficient (Wildman–Crippen LogP) is 3.19. The number of fused-ring (bicyclic) bond motifs is 1. The zero-order valence-corrected chi connectivity index (χ0v) is 13.9. The first-order valence-electron chi connectivity index (χ1n) is 9.45. The predicted molar refractivity (Wildman–Crippen MR) is 87.6 cm³/mol. The Morgan fingerprint density at radius 3 is 2.86 bits per heavy atom. The molecule has 3 aliphatic rings. The molecular formula is C18H34N2O. The van der Waals surface area contributed by atoms with Crippen LogP contribution in [0.4, 0.5) is 0 Å². The molecule has 0 bridgehead atoms. The molecule has 0 aromatic heterocycles. The topological polar surface area (TPSA) is 24.5 Å². The Morgan fingerprint density at radius 1 is 1.05 bits per heavy atom. The van der Waals surface area contributed by atoms with Crippen molar-refractivity contribution >= 4 is 0 Å². The molecule has 2 aliphatic heterocycles. The van der Waals surface area contributed by atoms with Crippen molar-refractivity contribution in [1.29, 1.82) is 0 Å². The van der Waals surface area contributed by atoms with Crippen LogP contribution in [0.1, 0.15) is 64.7 Å². The second-order valence-corrected chi connectivity index (χ2v) is 7.49. The minimum Gasteiger partial charge on any atom is -0.377 e. The SMILES string of the molecule is CCCOC1CCCN(CC2CCC3CCCCC3N2)C1. The Labute approximate surface area is 130 Å². The lowest BCUT2D eigenvalue weighted by Crippen LogP contribution is -2.54. The van der Waals surface area contributed by atoms with Crippen LogP contribution >= 0.6 is 0 Å². The fraction of sp³-hybridized carbons (Fsp3) is 1.00. The van der Waals surface area contributed by atoms with E-state index in [2.05, 4.69) is 17.1 Å². The van der Waals surface area contributed by atoms with E-state index in [0.29, 0.717) is 6.10 Å². The summed E-state index contributed by atoms with van der Waals surface area (Å²) in [4.78, 5) is 2.66. The van der Waals surface area contributed by atoms with Gasteiger partial charge >= 0.3 is 0 Å². The maximum Gasteiger partial charge on any atom is 0.0702 e. The van der Waals surface area contributed by atoms with Crippen molar-refractivity contribution in [1.82, 2.24) is 10.2 Å². The fourth-order valence-corrected chi connectivity index (χ4v) is 4.63. The molecule has 21 heavy (non-hydrogen) atoms. The van der Waals surface area contributed by atoms with E-state index >= 15 is 0 Å². The van der Waals surface area contributed by atoms with Crippen molar-refractivity contribution in [2.24, 2.45) is 5.92 Å². The first-order chi connectivity index (χ1) is 10.3. The maximum atomic E-state index is 5.98.